The molecule has 0 radical (unpaired) electrons. The smallest absolute Gasteiger partial charge is 0.274 e. The van der Waals surface area contributed by atoms with Gasteiger partial charge in [-0.25, -0.2) is 9.07 Å². The highest BCUT2D eigenvalue weighted by Crippen LogP contribution is 2.13. The summed E-state index contributed by atoms with van der Waals surface area (Å²) in [5.41, 5.74) is 1.48. The van der Waals surface area contributed by atoms with E-state index in [2.05, 4.69) is 15.6 Å². The molecule has 122 valence electrons. The van der Waals surface area contributed by atoms with E-state index in [9.17, 15) is 14.3 Å². The van der Waals surface area contributed by atoms with Gasteiger partial charge in [-0.3, -0.25) is 4.79 Å². The molecule has 3 aromatic rings. The van der Waals surface area contributed by atoms with Crippen LogP contribution in [-0.4, -0.2) is 32.6 Å². The Bertz CT molecular complexity index is 818. The number of aromatic nitrogens is 3. The number of nitrogens with one attached hydrogen (secondary N) is 1. The van der Waals surface area contributed by atoms with Gasteiger partial charge in [-0.15, -0.1) is 5.10 Å². The largest absolute Gasteiger partial charge is 0.394 e. The lowest BCUT2D eigenvalue weighted by Crippen LogP contribution is -2.31. The van der Waals surface area contributed by atoms with Gasteiger partial charge in [0.15, 0.2) is 5.69 Å². The Morgan fingerprint density at radius 2 is 1.88 bits per heavy atom. The highest BCUT2D eigenvalue weighted by molar-refractivity contribution is 5.92. The molecule has 1 unspecified atom stereocenters. The minimum Gasteiger partial charge on any atom is -0.394 e. The van der Waals surface area contributed by atoms with E-state index < -0.39 is 11.9 Å². The summed E-state index contributed by atoms with van der Waals surface area (Å²) in [5.74, 6) is -0.809. The lowest BCUT2D eigenvalue weighted by molar-refractivity contribution is 0.0911. The number of aliphatic hydroxyl groups is 1. The highest BCUT2D eigenvalue weighted by atomic mass is 19.1. The number of amides is 1. The average Bonchev–Trinajstić information content (AvgIpc) is 3.11. The minimum absolute atomic E-state index is 0.105. The summed E-state index contributed by atoms with van der Waals surface area (Å²) < 4.78 is 14.3. The summed E-state index contributed by atoms with van der Waals surface area (Å²) in [6.07, 6.45) is 1.45. The minimum atomic E-state index is -0.533. The third-order valence-electron chi connectivity index (χ3n) is 3.51. The molecule has 3 rings (SSSR count). The van der Waals surface area contributed by atoms with Crippen LogP contribution < -0.4 is 5.32 Å². The summed E-state index contributed by atoms with van der Waals surface area (Å²) in [4.78, 5) is 12.3. The second-order valence-corrected chi connectivity index (χ2v) is 5.14. The summed E-state index contributed by atoms with van der Waals surface area (Å²) in [7, 11) is 0. The van der Waals surface area contributed by atoms with Gasteiger partial charge in [0.05, 0.1) is 24.5 Å². The van der Waals surface area contributed by atoms with Gasteiger partial charge in [0, 0.05) is 0 Å². The number of benzene rings is 2. The summed E-state index contributed by atoms with van der Waals surface area (Å²) >= 11 is 0. The fourth-order valence-corrected chi connectivity index (χ4v) is 2.24. The zero-order valence-electron chi connectivity index (χ0n) is 12.6. The maximum atomic E-state index is 12.9. The molecule has 1 heterocycles. The van der Waals surface area contributed by atoms with E-state index in [0.717, 1.165) is 5.56 Å². The van der Waals surface area contributed by atoms with Crippen molar-refractivity contribution in [2.75, 3.05) is 6.61 Å². The third-order valence-corrected chi connectivity index (χ3v) is 3.51. The topological polar surface area (TPSA) is 80.0 Å². The predicted molar refractivity (Wildman–Crippen MR) is 85.1 cm³/mol. The maximum Gasteiger partial charge on any atom is 0.274 e. The van der Waals surface area contributed by atoms with Crippen molar-refractivity contribution in [2.45, 2.75) is 6.04 Å². The molecule has 0 bridgehead atoms. The first-order valence-corrected chi connectivity index (χ1v) is 7.32. The number of halogens is 1. The van der Waals surface area contributed by atoms with Gasteiger partial charge in [-0.05, 0) is 29.8 Å². The van der Waals surface area contributed by atoms with E-state index in [1.807, 2.05) is 30.3 Å². The van der Waals surface area contributed by atoms with Gasteiger partial charge in [0.1, 0.15) is 5.82 Å². The second kappa shape index (κ2) is 7.01. The van der Waals surface area contributed by atoms with Crippen molar-refractivity contribution in [1.29, 1.82) is 0 Å². The van der Waals surface area contributed by atoms with Crippen molar-refractivity contribution < 1.29 is 14.3 Å². The lowest BCUT2D eigenvalue weighted by Gasteiger charge is -2.15. The van der Waals surface area contributed by atoms with Crippen LogP contribution in [0.1, 0.15) is 22.1 Å². The quantitative estimate of drug-likeness (QED) is 0.750. The van der Waals surface area contributed by atoms with Gasteiger partial charge in [-0.1, -0.05) is 35.5 Å². The van der Waals surface area contributed by atoms with Crippen LogP contribution in [-0.2, 0) is 0 Å². The van der Waals surface area contributed by atoms with Gasteiger partial charge in [-0.2, -0.15) is 0 Å². The monoisotopic (exact) mass is 326 g/mol. The Morgan fingerprint density at radius 1 is 1.17 bits per heavy atom. The van der Waals surface area contributed by atoms with E-state index in [1.165, 1.54) is 35.1 Å². The fourth-order valence-electron chi connectivity index (χ4n) is 2.24. The molecule has 2 N–H and O–H groups in total. The Hall–Kier alpha value is -3.06. The van der Waals surface area contributed by atoms with E-state index in [1.54, 1.807) is 0 Å². The SMILES string of the molecule is O=C(NC(CO)c1ccccc1)c1cn(-c2ccc(F)cc2)nn1. The Kier molecular flexibility index (Phi) is 4.62. The van der Waals surface area contributed by atoms with E-state index in [-0.39, 0.29) is 18.1 Å². The summed E-state index contributed by atoms with van der Waals surface area (Å²) in [6, 6.07) is 14.3. The normalized spacial score (nSPS) is 11.9. The molecule has 7 heteroatoms. The van der Waals surface area contributed by atoms with Crippen LogP contribution in [0.25, 0.3) is 5.69 Å². The van der Waals surface area contributed by atoms with Crippen molar-refractivity contribution in [3.05, 3.63) is 77.9 Å². The molecule has 6 nitrogen and oxygen atoms in total. The Balaban J connectivity index is 1.75. The molecule has 24 heavy (non-hydrogen) atoms. The van der Waals surface area contributed by atoms with Crippen LogP contribution in [0.3, 0.4) is 0 Å². The van der Waals surface area contributed by atoms with Crippen LogP contribution in [0.5, 0.6) is 0 Å². The van der Waals surface area contributed by atoms with Gasteiger partial charge < -0.3 is 10.4 Å². The van der Waals surface area contributed by atoms with Crippen molar-refractivity contribution in [3.63, 3.8) is 0 Å². The average molecular weight is 326 g/mol. The molecule has 0 saturated heterocycles. The van der Waals surface area contributed by atoms with E-state index >= 15 is 0 Å². The van der Waals surface area contributed by atoms with E-state index in [4.69, 9.17) is 0 Å². The summed E-state index contributed by atoms with van der Waals surface area (Å²) in [6.45, 7) is -0.234. The standard InChI is InChI=1S/C17H15FN4O2/c18-13-6-8-14(9-7-13)22-10-15(20-21-22)17(24)19-16(11-23)12-4-2-1-3-5-12/h1-10,16,23H,11H2,(H,19,24). The van der Waals surface area contributed by atoms with Crippen molar-refractivity contribution >= 4 is 5.91 Å². The molecule has 2 aromatic carbocycles. The first-order valence-electron chi connectivity index (χ1n) is 7.32. The molecule has 1 atom stereocenters. The number of carbonyl (C=O) groups is 1. The molecule has 0 aliphatic heterocycles. The number of hydrogen-bond donors (Lipinski definition) is 2. The van der Waals surface area contributed by atoms with Gasteiger partial charge >= 0.3 is 0 Å². The first-order chi connectivity index (χ1) is 11.7. The molecular weight excluding hydrogens is 311 g/mol. The molecule has 0 aliphatic carbocycles. The van der Waals surface area contributed by atoms with Crippen LogP contribution in [0, 0.1) is 5.82 Å². The number of carbonyl (C=O) groups excluding carboxylic acids is 1. The number of rotatable bonds is 5. The second-order valence-electron chi connectivity index (χ2n) is 5.14. The Morgan fingerprint density at radius 3 is 2.54 bits per heavy atom. The Labute approximate surface area is 137 Å². The van der Waals surface area contributed by atoms with E-state index in [0.29, 0.717) is 5.69 Å². The molecule has 0 aliphatic rings. The fraction of sp³-hybridized carbons (Fsp3) is 0.118. The zero-order chi connectivity index (χ0) is 16.9. The van der Waals surface area contributed by atoms with Crippen molar-refractivity contribution in [2.24, 2.45) is 0 Å². The zero-order valence-corrected chi connectivity index (χ0v) is 12.6. The van der Waals surface area contributed by atoms with Gasteiger partial charge in [0.25, 0.3) is 5.91 Å². The predicted octanol–water partition coefficient (Wildman–Crippen LogP) is 1.87. The molecular formula is C17H15FN4O2. The molecule has 0 spiro atoms. The van der Waals surface area contributed by atoms with Crippen molar-refractivity contribution in [1.82, 2.24) is 20.3 Å². The lowest BCUT2D eigenvalue weighted by atomic mass is 10.1. The van der Waals surface area contributed by atoms with Crippen LogP contribution in [0.4, 0.5) is 4.39 Å². The number of aliphatic hydroxyl groups excluding tert-OH is 1. The van der Waals surface area contributed by atoms with Crippen molar-refractivity contribution in [3.8, 4) is 5.69 Å². The number of hydrogen-bond acceptors (Lipinski definition) is 4. The molecule has 0 saturated carbocycles. The summed E-state index contributed by atoms with van der Waals surface area (Å²) in [5, 5.41) is 19.9. The highest BCUT2D eigenvalue weighted by Gasteiger charge is 2.17. The first kappa shape index (κ1) is 15.8. The molecule has 0 fully saturated rings. The third kappa shape index (κ3) is 3.47. The van der Waals surface area contributed by atoms with Crippen LogP contribution in [0.2, 0.25) is 0 Å². The van der Waals surface area contributed by atoms with Crippen LogP contribution >= 0.6 is 0 Å². The van der Waals surface area contributed by atoms with Gasteiger partial charge in [0.2, 0.25) is 0 Å². The van der Waals surface area contributed by atoms with Crippen LogP contribution in [0.15, 0.2) is 60.8 Å². The molecule has 1 amide bonds. The molecule has 1 aromatic heterocycles. The maximum absolute atomic E-state index is 12.9. The number of nitrogens with zero attached hydrogens (tertiary/aromatic N) is 3.